The van der Waals surface area contributed by atoms with Crippen LogP contribution in [0.5, 0.6) is 0 Å². The highest BCUT2D eigenvalue weighted by Crippen LogP contribution is 2.44. The predicted octanol–water partition coefficient (Wildman–Crippen LogP) is 2.77. The highest BCUT2D eigenvalue weighted by molar-refractivity contribution is 5.47. The van der Waals surface area contributed by atoms with Crippen molar-refractivity contribution >= 4 is 0 Å². The van der Waals surface area contributed by atoms with Crippen molar-refractivity contribution in [2.75, 3.05) is 0 Å². The minimum atomic E-state index is 0.730. The summed E-state index contributed by atoms with van der Waals surface area (Å²) >= 11 is 0. The average Bonchev–Trinajstić information content (AvgIpc) is 2.40. The molecule has 0 heteroatoms. The second-order valence-electron chi connectivity index (χ2n) is 2.99. The molecule has 1 aliphatic carbocycles. The van der Waals surface area contributed by atoms with Gasteiger partial charge in [-0.05, 0) is 11.5 Å². The lowest BCUT2D eigenvalue weighted by atomic mass is 10.1. The van der Waals surface area contributed by atoms with E-state index in [1.807, 2.05) is 6.08 Å². The van der Waals surface area contributed by atoms with Crippen molar-refractivity contribution in [1.29, 1.82) is 0 Å². The van der Waals surface area contributed by atoms with Crippen molar-refractivity contribution in [3.63, 3.8) is 0 Å². The van der Waals surface area contributed by atoms with Gasteiger partial charge in [0.25, 0.3) is 0 Å². The van der Waals surface area contributed by atoms with E-state index < -0.39 is 0 Å². The first-order valence-corrected chi connectivity index (χ1v) is 3.54. The first-order valence-electron chi connectivity index (χ1n) is 3.54. The van der Waals surface area contributed by atoms with Crippen molar-refractivity contribution in [3.05, 3.63) is 23.8 Å². The molecule has 0 fully saturated rings. The molecule has 0 nitrogen and oxygen atoms in total. The zero-order valence-corrected chi connectivity index (χ0v) is 6.44. The molecule has 0 amide bonds. The second-order valence-corrected chi connectivity index (χ2v) is 2.99. The minimum Gasteiger partial charge on any atom is -0.0988 e. The standard InChI is InChI=1S/C9H14/c1-5-8-7(4)9(8)6(2)3/h5-7H,1H2,2-4H3. The lowest BCUT2D eigenvalue weighted by Crippen LogP contribution is -1.83. The summed E-state index contributed by atoms with van der Waals surface area (Å²) in [6, 6.07) is 0. The van der Waals surface area contributed by atoms with Crippen LogP contribution in [0, 0.1) is 11.8 Å². The van der Waals surface area contributed by atoms with Crippen LogP contribution in [0.3, 0.4) is 0 Å². The fraction of sp³-hybridized carbons (Fsp3) is 0.556. The van der Waals surface area contributed by atoms with E-state index >= 15 is 0 Å². The molecule has 0 spiro atoms. The smallest absolute Gasteiger partial charge is 0.00280 e. The molecule has 9 heavy (non-hydrogen) atoms. The van der Waals surface area contributed by atoms with Gasteiger partial charge in [-0.25, -0.2) is 0 Å². The van der Waals surface area contributed by atoms with E-state index in [9.17, 15) is 0 Å². The summed E-state index contributed by atoms with van der Waals surface area (Å²) in [5, 5.41) is 0. The summed E-state index contributed by atoms with van der Waals surface area (Å²) in [4.78, 5) is 0. The van der Waals surface area contributed by atoms with Crippen LogP contribution in [-0.4, -0.2) is 0 Å². The van der Waals surface area contributed by atoms with E-state index in [0.29, 0.717) is 0 Å². The Morgan fingerprint density at radius 2 is 2.11 bits per heavy atom. The molecule has 1 rings (SSSR count). The Bertz CT molecular complexity index is 161. The van der Waals surface area contributed by atoms with Gasteiger partial charge in [-0.3, -0.25) is 0 Å². The maximum absolute atomic E-state index is 3.75. The number of hydrogen-bond donors (Lipinski definition) is 0. The van der Waals surface area contributed by atoms with Gasteiger partial charge in [0.1, 0.15) is 0 Å². The maximum Gasteiger partial charge on any atom is 0.00280 e. The quantitative estimate of drug-likeness (QED) is 0.528. The molecule has 0 radical (unpaired) electrons. The Morgan fingerprint density at radius 3 is 2.22 bits per heavy atom. The first kappa shape index (κ1) is 6.60. The Labute approximate surface area is 57.3 Å². The molecule has 50 valence electrons. The van der Waals surface area contributed by atoms with E-state index in [0.717, 1.165) is 11.8 Å². The van der Waals surface area contributed by atoms with Crippen LogP contribution < -0.4 is 0 Å². The van der Waals surface area contributed by atoms with Crippen LogP contribution in [-0.2, 0) is 0 Å². The van der Waals surface area contributed by atoms with Crippen molar-refractivity contribution in [1.82, 2.24) is 0 Å². The lowest BCUT2D eigenvalue weighted by Gasteiger charge is -1.94. The molecule has 0 N–H and O–H groups in total. The molecule has 0 aromatic heterocycles. The maximum atomic E-state index is 3.75. The molecule has 1 atom stereocenters. The second kappa shape index (κ2) is 2.02. The molecule has 1 aliphatic rings. The van der Waals surface area contributed by atoms with Gasteiger partial charge in [-0.2, -0.15) is 0 Å². The minimum absolute atomic E-state index is 0.730. The zero-order chi connectivity index (χ0) is 7.02. The van der Waals surface area contributed by atoms with Crippen LogP contribution in [0.4, 0.5) is 0 Å². The fourth-order valence-corrected chi connectivity index (χ4v) is 1.51. The Hall–Kier alpha value is -0.520. The summed E-state index contributed by atoms with van der Waals surface area (Å²) < 4.78 is 0. The molecule has 0 bridgehead atoms. The summed E-state index contributed by atoms with van der Waals surface area (Å²) in [7, 11) is 0. The SMILES string of the molecule is C=CC1=C(C(C)C)C1C. The summed E-state index contributed by atoms with van der Waals surface area (Å²) in [6.45, 7) is 10.5. The third-order valence-corrected chi connectivity index (χ3v) is 2.02. The Morgan fingerprint density at radius 1 is 1.56 bits per heavy atom. The fourth-order valence-electron chi connectivity index (χ4n) is 1.51. The molecular weight excluding hydrogens is 108 g/mol. The molecule has 0 aliphatic heterocycles. The van der Waals surface area contributed by atoms with Gasteiger partial charge in [0.05, 0.1) is 0 Å². The third kappa shape index (κ3) is 0.937. The van der Waals surface area contributed by atoms with Gasteiger partial charge in [-0.15, -0.1) is 0 Å². The third-order valence-electron chi connectivity index (χ3n) is 2.02. The van der Waals surface area contributed by atoms with Crippen molar-refractivity contribution in [3.8, 4) is 0 Å². The van der Waals surface area contributed by atoms with E-state index in [-0.39, 0.29) is 0 Å². The van der Waals surface area contributed by atoms with Gasteiger partial charge < -0.3 is 0 Å². The van der Waals surface area contributed by atoms with E-state index in [4.69, 9.17) is 0 Å². The molecule has 0 saturated carbocycles. The Balaban J connectivity index is 2.63. The highest BCUT2D eigenvalue weighted by Gasteiger charge is 2.30. The first-order chi connectivity index (χ1) is 4.18. The van der Waals surface area contributed by atoms with Crippen LogP contribution in [0.1, 0.15) is 20.8 Å². The molecule has 1 unspecified atom stereocenters. The topological polar surface area (TPSA) is 0 Å². The molecular formula is C9H14. The van der Waals surface area contributed by atoms with Crippen LogP contribution >= 0.6 is 0 Å². The average molecular weight is 122 g/mol. The van der Waals surface area contributed by atoms with Crippen molar-refractivity contribution in [2.45, 2.75) is 20.8 Å². The zero-order valence-electron chi connectivity index (χ0n) is 6.44. The van der Waals surface area contributed by atoms with Crippen LogP contribution in [0.25, 0.3) is 0 Å². The summed E-state index contributed by atoms with van der Waals surface area (Å²) in [5.74, 6) is 1.47. The van der Waals surface area contributed by atoms with Gasteiger partial charge in [0.2, 0.25) is 0 Å². The van der Waals surface area contributed by atoms with Crippen LogP contribution in [0.15, 0.2) is 23.8 Å². The van der Waals surface area contributed by atoms with E-state index in [2.05, 4.69) is 27.4 Å². The van der Waals surface area contributed by atoms with Crippen molar-refractivity contribution < 1.29 is 0 Å². The Kier molecular flexibility index (Phi) is 1.48. The van der Waals surface area contributed by atoms with Crippen molar-refractivity contribution in [2.24, 2.45) is 11.8 Å². The largest absolute Gasteiger partial charge is 0.0988 e. The van der Waals surface area contributed by atoms with Gasteiger partial charge in [0, 0.05) is 5.92 Å². The normalized spacial score (nSPS) is 25.1. The molecule has 0 heterocycles. The lowest BCUT2D eigenvalue weighted by molar-refractivity contribution is 0.750. The summed E-state index contributed by atoms with van der Waals surface area (Å²) in [5.41, 5.74) is 3.08. The number of hydrogen-bond acceptors (Lipinski definition) is 0. The number of rotatable bonds is 2. The highest BCUT2D eigenvalue weighted by atomic mass is 14.3. The van der Waals surface area contributed by atoms with E-state index in [1.54, 1.807) is 5.57 Å². The summed E-state index contributed by atoms with van der Waals surface area (Å²) in [6.07, 6.45) is 1.99. The van der Waals surface area contributed by atoms with E-state index in [1.165, 1.54) is 5.57 Å². The predicted molar refractivity (Wildman–Crippen MR) is 41.2 cm³/mol. The van der Waals surface area contributed by atoms with Gasteiger partial charge in [-0.1, -0.05) is 39.0 Å². The van der Waals surface area contributed by atoms with Gasteiger partial charge in [0.15, 0.2) is 0 Å². The van der Waals surface area contributed by atoms with Crippen LogP contribution in [0.2, 0.25) is 0 Å². The molecule has 0 saturated heterocycles. The monoisotopic (exact) mass is 122 g/mol. The molecule has 0 aromatic rings. The number of allylic oxidation sites excluding steroid dienone is 3. The molecule has 0 aromatic carbocycles. The van der Waals surface area contributed by atoms with Gasteiger partial charge >= 0.3 is 0 Å².